The molecule has 120 valence electrons. The van der Waals surface area contributed by atoms with Crippen LogP contribution in [0.25, 0.3) is 0 Å². The zero-order chi connectivity index (χ0) is 16.3. The maximum atomic E-state index is 12.8. The molecule has 8 heteroatoms. The molecule has 0 saturated carbocycles. The second kappa shape index (κ2) is 6.95. The number of hydrogen-bond donors (Lipinski definition) is 2. The fraction of sp³-hybridized carbons (Fsp3) is 0.500. The average molecular weight is 371 g/mol. The van der Waals surface area contributed by atoms with Gasteiger partial charge in [-0.1, -0.05) is 26.0 Å². The lowest BCUT2D eigenvalue weighted by Crippen LogP contribution is -2.51. The van der Waals surface area contributed by atoms with Crippen LogP contribution in [0, 0.1) is 5.92 Å². The van der Waals surface area contributed by atoms with E-state index in [2.05, 4.69) is 36.0 Å². The Morgan fingerprint density at radius 3 is 2.82 bits per heavy atom. The molecule has 22 heavy (non-hydrogen) atoms. The number of ether oxygens (including phenoxy) is 1. The molecule has 2 amide bonds. The van der Waals surface area contributed by atoms with E-state index in [1.165, 1.54) is 7.11 Å². The summed E-state index contributed by atoms with van der Waals surface area (Å²) in [6, 6.07) is -0.909. The number of halogens is 1. The third-order valence-electron chi connectivity index (χ3n) is 3.48. The molecule has 1 aromatic heterocycles. The molecule has 0 spiro atoms. The Balaban J connectivity index is 2.17. The van der Waals surface area contributed by atoms with E-state index in [1.807, 2.05) is 26.0 Å². The maximum Gasteiger partial charge on any atom is 0.407 e. The largest absolute Gasteiger partial charge is 0.453 e. The van der Waals surface area contributed by atoms with Crippen LogP contribution in [0.15, 0.2) is 23.0 Å². The number of aromatic amines is 1. The van der Waals surface area contributed by atoms with E-state index in [4.69, 9.17) is 0 Å². The van der Waals surface area contributed by atoms with Crippen LogP contribution in [0.3, 0.4) is 0 Å². The molecule has 7 nitrogen and oxygen atoms in total. The molecule has 0 radical (unpaired) electrons. The Hall–Kier alpha value is -1.83. The van der Waals surface area contributed by atoms with E-state index < -0.39 is 12.1 Å². The van der Waals surface area contributed by atoms with Crippen molar-refractivity contribution >= 4 is 27.9 Å². The van der Waals surface area contributed by atoms with Crippen molar-refractivity contribution in [3.05, 3.63) is 28.8 Å². The van der Waals surface area contributed by atoms with Crippen molar-refractivity contribution in [1.82, 2.24) is 20.2 Å². The van der Waals surface area contributed by atoms with Gasteiger partial charge in [0.25, 0.3) is 0 Å². The van der Waals surface area contributed by atoms with Gasteiger partial charge in [-0.2, -0.15) is 0 Å². The van der Waals surface area contributed by atoms with E-state index in [0.29, 0.717) is 12.4 Å². The van der Waals surface area contributed by atoms with Gasteiger partial charge >= 0.3 is 6.09 Å². The molecule has 0 fully saturated rings. The van der Waals surface area contributed by atoms with Gasteiger partial charge in [0.2, 0.25) is 5.91 Å². The molecule has 2 N–H and O–H groups in total. The van der Waals surface area contributed by atoms with Gasteiger partial charge in [-0.05, 0) is 21.8 Å². The number of aromatic nitrogens is 2. The van der Waals surface area contributed by atoms with Crippen molar-refractivity contribution in [1.29, 1.82) is 0 Å². The second-order valence-electron chi connectivity index (χ2n) is 5.34. The van der Waals surface area contributed by atoms with Gasteiger partial charge in [0.05, 0.1) is 13.3 Å². The molecule has 0 bridgehead atoms. The van der Waals surface area contributed by atoms with Gasteiger partial charge in [0, 0.05) is 6.54 Å². The third kappa shape index (κ3) is 3.49. The van der Waals surface area contributed by atoms with Crippen LogP contribution >= 0.6 is 15.9 Å². The number of alkyl carbamates (subject to hydrolysis) is 1. The number of nitrogens with zero attached hydrogens (tertiary/aromatic N) is 2. The minimum absolute atomic E-state index is 0.0591. The normalized spacial score (nSPS) is 18.6. The van der Waals surface area contributed by atoms with Crippen LogP contribution in [0.4, 0.5) is 4.79 Å². The van der Waals surface area contributed by atoms with Crippen molar-refractivity contribution < 1.29 is 14.3 Å². The first kappa shape index (κ1) is 16.5. The topological polar surface area (TPSA) is 87.3 Å². The van der Waals surface area contributed by atoms with Crippen LogP contribution in [0.2, 0.25) is 0 Å². The molecule has 0 aromatic carbocycles. The Morgan fingerprint density at radius 2 is 2.27 bits per heavy atom. The van der Waals surface area contributed by atoms with E-state index >= 15 is 0 Å². The lowest BCUT2D eigenvalue weighted by Gasteiger charge is -2.29. The number of methoxy groups -OCH3 is 1. The van der Waals surface area contributed by atoms with Gasteiger partial charge in [-0.3, -0.25) is 4.79 Å². The van der Waals surface area contributed by atoms with Crippen molar-refractivity contribution in [2.75, 3.05) is 13.7 Å². The molecule has 1 aliphatic rings. The minimum atomic E-state index is -0.645. The summed E-state index contributed by atoms with van der Waals surface area (Å²) in [6.07, 6.45) is 4.86. The first-order valence-electron chi connectivity index (χ1n) is 6.96. The molecule has 0 saturated heterocycles. The fourth-order valence-electron chi connectivity index (χ4n) is 2.33. The lowest BCUT2D eigenvalue weighted by molar-refractivity contribution is -0.135. The van der Waals surface area contributed by atoms with E-state index in [1.54, 1.807) is 11.1 Å². The van der Waals surface area contributed by atoms with Crippen molar-refractivity contribution in [2.24, 2.45) is 5.92 Å². The molecule has 2 heterocycles. The number of amides is 2. The summed E-state index contributed by atoms with van der Waals surface area (Å²) in [7, 11) is 1.28. The Kier molecular flexibility index (Phi) is 5.23. The fourth-order valence-corrected chi connectivity index (χ4v) is 2.63. The number of H-pyrrole nitrogens is 1. The van der Waals surface area contributed by atoms with E-state index in [-0.39, 0.29) is 17.9 Å². The third-order valence-corrected chi connectivity index (χ3v) is 3.88. The number of rotatable bonds is 4. The first-order valence-corrected chi connectivity index (χ1v) is 7.75. The Labute approximate surface area is 137 Å². The Morgan fingerprint density at radius 1 is 1.55 bits per heavy atom. The molecule has 2 atom stereocenters. The maximum absolute atomic E-state index is 12.8. The quantitative estimate of drug-likeness (QED) is 0.793. The smallest absolute Gasteiger partial charge is 0.407 e. The number of carbonyl (C=O) groups is 2. The van der Waals surface area contributed by atoms with Gasteiger partial charge < -0.3 is 19.9 Å². The number of carbonyl (C=O) groups excluding carboxylic acids is 2. The van der Waals surface area contributed by atoms with Gasteiger partial charge in [0.15, 0.2) is 0 Å². The molecular formula is C14H19BrN4O3. The zero-order valence-electron chi connectivity index (χ0n) is 12.7. The number of hydrogen-bond acceptors (Lipinski definition) is 4. The number of nitrogens with one attached hydrogen (secondary N) is 2. The predicted molar refractivity (Wildman–Crippen MR) is 84.0 cm³/mol. The molecule has 0 aliphatic carbocycles. The standard InChI is InChI=1S/C14H19BrN4O3/c1-8(2)11(18-14(21)22-3)13(20)19-6-4-5-9(19)12-16-7-10(15)17-12/h4-5,7-9,11H,6H2,1-3H3,(H,16,17)(H,18,21)/t9?,11-/m0/s1. The number of imidazole rings is 1. The summed E-state index contributed by atoms with van der Waals surface area (Å²) in [6.45, 7) is 4.23. The summed E-state index contributed by atoms with van der Waals surface area (Å²) in [5, 5.41) is 2.60. The highest BCUT2D eigenvalue weighted by Crippen LogP contribution is 2.27. The first-order chi connectivity index (χ1) is 10.4. The summed E-state index contributed by atoms with van der Waals surface area (Å²) in [5.74, 6) is 0.452. The molecule has 1 aliphatic heterocycles. The highest BCUT2D eigenvalue weighted by atomic mass is 79.9. The summed E-state index contributed by atoms with van der Waals surface area (Å²) < 4.78 is 5.35. The highest BCUT2D eigenvalue weighted by Gasteiger charge is 2.35. The molecule has 1 aromatic rings. The SMILES string of the molecule is COC(=O)N[C@H](C(=O)N1CC=CC1c1ncc(Br)[nH]1)C(C)C. The zero-order valence-corrected chi connectivity index (χ0v) is 14.3. The summed E-state index contributed by atoms with van der Waals surface area (Å²) >= 11 is 3.31. The van der Waals surface area contributed by atoms with Crippen LogP contribution in [0.5, 0.6) is 0 Å². The summed E-state index contributed by atoms with van der Waals surface area (Å²) in [4.78, 5) is 33.2. The van der Waals surface area contributed by atoms with Crippen molar-refractivity contribution in [3.63, 3.8) is 0 Å². The molecular weight excluding hydrogens is 352 g/mol. The summed E-state index contributed by atoms with van der Waals surface area (Å²) in [5.41, 5.74) is 0. The van der Waals surface area contributed by atoms with Crippen LogP contribution < -0.4 is 5.32 Å². The van der Waals surface area contributed by atoms with Crippen LogP contribution in [-0.2, 0) is 9.53 Å². The molecule has 1 unspecified atom stereocenters. The van der Waals surface area contributed by atoms with Gasteiger partial charge in [-0.25, -0.2) is 9.78 Å². The van der Waals surface area contributed by atoms with E-state index in [0.717, 1.165) is 4.60 Å². The lowest BCUT2D eigenvalue weighted by atomic mass is 10.0. The highest BCUT2D eigenvalue weighted by molar-refractivity contribution is 9.10. The van der Waals surface area contributed by atoms with Crippen LogP contribution in [0.1, 0.15) is 25.7 Å². The van der Waals surface area contributed by atoms with E-state index in [9.17, 15) is 9.59 Å². The van der Waals surface area contributed by atoms with Crippen LogP contribution in [-0.4, -0.2) is 46.6 Å². The monoisotopic (exact) mass is 370 g/mol. The van der Waals surface area contributed by atoms with Crippen molar-refractivity contribution in [3.8, 4) is 0 Å². The predicted octanol–water partition coefficient (Wildman–Crippen LogP) is 1.99. The second-order valence-corrected chi connectivity index (χ2v) is 6.19. The van der Waals surface area contributed by atoms with Gasteiger partial charge in [-0.15, -0.1) is 0 Å². The Bertz CT molecular complexity index is 584. The molecule has 2 rings (SSSR count). The van der Waals surface area contributed by atoms with Gasteiger partial charge in [0.1, 0.15) is 22.5 Å². The van der Waals surface area contributed by atoms with Crippen molar-refractivity contribution in [2.45, 2.75) is 25.9 Å². The minimum Gasteiger partial charge on any atom is -0.453 e. The average Bonchev–Trinajstić information content (AvgIpc) is 3.11.